The molecule has 5 heteroatoms. The molecule has 1 heterocycles. The van der Waals surface area contributed by atoms with Gasteiger partial charge in [0.05, 0.1) is 0 Å². The first-order valence-corrected chi connectivity index (χ1v) is 7.45. The lowest BCUT2D eigenvalue weighted by Crippen LogP contribution is -2.25. The van der Waals surface area contributed by atoms with Crippen molar-refractivity contribution in [1.82, 2.24) is 15.5 Å². The largest absolute Gasteiger partial charge is 0.421 e. The van der Waals surface area contributed by atoms with Crippen LogP contribution in [0.25, 0.3) is 11.5 Å². The molecule has 0 saturated carbocycles. The van der Waals surface area contributed by atoms with Crippen LogP contribution in [-0.2, 0) is 6.42 Å². The maximum Gasteiger partial charge on any atom is 0.251 e. The Balaban J connectivity index is 1.57. The fourth-order valence-electron chi connectivity index (χ4n) is 2.24. The number of aryl methyl sites for hydroxylation is 1. The Labute approximate surface area is 134 Å². The molecule has 0 saturated heterocycles. The maximum atomic E-state index is 12.1. The summed E-state index contributed by atoms with van der Waals surface area (Å²) in [5, 5.41) is 10.7. The van der Waals surface area contributed by atoms with E-state index in [1.165, 1.54) is 5.56 Å². The van der Waals surface area contributed by atoms with Gasteiger partial charge in [0, 0.05) is 24.6 Å². The zero-order valence-corrected chi connectivity index (χ0v) is 12.8. The van der Waals surface area contributed by atoms with E-state index in [9.17, 15) is 4.79 Å². The molecule has 3 aromatic rings. The normalized spacial score (nSPS) is 10.5. The zero-order valence-electron chi connectivity index (χ0n) is 12.8. The molecule has 116 valence electrons. The number of amides is 1. The van der Waals surface area contributed by atoms with Gasteiger partial charge >= 0.3 is 0 Å². The van der Waals surface area contributed by atoms with Crippen molar-refractivity contribution in [2.75, 3.05) is 6.54 Å². The molecule has 0 fully saturated rings. The van der Waals surface area contributed by atoms with E-state index in [1.54, 1.807) is 31.2 Å². The highest BCUT2D eigenvalue weighted by Gasteiger charge is 2.08. The standard InChI is InChI=1S/C18H17N3O2/c1-13-20-21-18(23-13)16-9-7-15(8-10-16)17(22)19-12-11-14-5-3-2-4-6-14/h2-10H,11-12H2,1H3,(H,19,22). The summed E-state index contributed by atoms with van der Waals surface area (Å²) >= 11 is 0. The van der Waals surface area contributed by atoms with Crippen LogP contribution in [-0.4, -0.2) is 22.6 Å². The molecule has 23 heavy (non-hydrogen) atoms. The molecular weight excluding hydrogens is 290 g/mol. The van der Waals surface area contributed by atoms with Crippen molar-refractivity contribution in [1.29, 1.82) is 0 Å². The number of benzene rings is 2. The molecule has 0 bridgehead atoms. The summed E-state index contributed by atoms with van der Waals surface area (Å²) in [5.41, 5.74) is 2.61. The lowest BCUT2D eigenvalue weighted by Gasteiger charge is -2.06. The van der Waals surface area contributed by atoms with Crippen LogP contribution in [0.3, 0.4) is 0 Å². The third-order valence-corrected chi connectivity index (χ3v) is 3.46. The summed E-state index contributed by atoms with van der Waals surface area (Å²) in [5.74, 6) is 0.885. The first-order chi connectivity index (χ1) is 11.2. The van der Waals surface area contributed by atoms with Gasteiger partial charge in [0.2, 0.25) is 11.8 Å². The van der Waals surface area contributed by atoms with Gasteiger partial charge in [-0.15, -0.1) is 10.2 Å². The minimum Gasteiger partial charge on any atom is -0.421 e. The summed E-state index contributed by atoms with van der Waals surface area (Å²) in [6.07, 6.45) is 0.811. The monoisotopic (exact) mass is 307 g/mol. The van der Waals surface area contributed by atoms with E-state index in [4.69, 9.17) is 4.42 Å². The second kappa shape index (κ2) is 6.87. The van der Waals surface area contributed by atoms with E-state index < -0.39 is 0 Å². The second-order valence-electron chi connectivity index (χ2n) is 5.20. The highest BCUT2D eigenvalue weighted by atomic mass is 16.4. The third kappa shape index (κ3) is 3.83. The van der Waals surface area contributed by atoms with Crippen LogP contribution in [0.15, 0.2) is 59.0 Å². The summed E-state index contributed by atoms with van der Waals surface area (Å²) in [6, 6.07) is 17.2. The highest BCUT2D eigenvalue weighted by molar-refractivity contribution is 5.94. The summed E-state index contributed by atoms with van der Waals surface area (Å²) in [4.78, 5) is 12.1. The van der Waals surface area contributed by atoms with Gasteiger partial charge in [-0.3, -0.25) is 4.79 Å². The Kier molecular flexibility index (Phi) is 4.47. The topological polar surface area (TPSA) is 68.0 Å². The molecule has 0 radical (unpaired) electrons. The molecule has 5 nitrogen and oxygen atoms in total. The van der Waals surface area contributed by atoms with E-state index in [0.717, 1.165) is 12.0 Å². The van der Waals surface area contributed by atoms with Gasteiger partial charge in [-0.05, 0) is 36.2 Å². The molecule has 1 amide bonds. The Morgan fingerprint density at radius 3 is 2.43 bits per heavy atom. The van der Waals surface area contributed by atoms with Gasteiger partial charge in [-0.1, -0.05) is 30.3 Å². The van der Waals surface area contributed by atoms with Crippen LogP contribution in [0.5, 0.6) is 0 Å². The van der Waals surface area contributed by atoms with Crippen LogP contribution >= 0.6 is 0 Å². The van der Waals surface area contributed by atoms with E-state index in [1.807, 2.05) is 30.3 Å². The van der Waals surface area contributed by atoms with Crippen LogP contribution in [0, 0.1) is 6.92 Å². The number of hydrogen-bond donors (Lipinski definition) is 1. The number of aromatic nitrogens is 2. The maximum absolute atomic E-state index is 12.1. The Morgan fingerprint density at radius 1 is 1.04 bits per heavy atom. The Morgan fingerprint density at radius 2 is 1.78 bits per heavy atom. The number of carbonyl (C=O) groups is 1. The molecule has 0 unspecified atom stereocenters. The van der Waals surface area contributed by atoms with Gasteiger partial charge in [-0.25, -0.2) is 0 Å². The quantitative estimate of drug-likeness (QED) is 0.786. The number of hydrogen-bond acceptors (Lipinski definition) is 4. The predicted molar refractivity (Wildman–Crippen MR) is 87.0 cm³/mol. The van der Waals surface area contributed by atoms with Gasteiger partial charge < -0.3 is 9.73 Å². The molecule has 0 spiro atoms. The summed E-state index contributed by atoms with van der Waals surface area (Å²) in [6.45, 7) is 2.35. The van der Waals surface area contributed by atoms with Crippen LogP contribution in [0.1, 0.15) is 21.8 Å². The average molecular weight is 307 g/mol. The van der Waals surface area contributed by atoms with Gasteiger partial charge in [0.15, 0.2) is 0 Å². The Hall–Kier alpha value is -2.95. The van der Waals surface area contributed by atoms with Gasteiger partial charge in [0.1, 0.15) is 0 Å². The summed E-state index contributed by atoms with van der Waals surface area (Å²) in [7, 11) is 0. The van der Waals surface area contributed by atoms with Crippen LogP contribution in [0.2, 0.25) is 0 Å². The fourth-order valence-corrected chi connectivity index (χ4v) is 2.24. The van der Waals surface area contributed by atoms with Crippen molar-refractivity contribution in [3.05, 3.63) is 71.6 Å². The van der Waals surface area contributed by atoms with E-state index in [2.05, 4.69) is 15.5 Å². The zero-order chi connectivity index (χ0) is 16.1. The van der Waals surface area contributed by atoms with Crippen LogP contribution in [0.4, 0.5) is 0 Å². The number of rotatable bonds is 5. The molecule has 0 aliphatic heterocycles. The number of carbonyl (C=O) groups excluding carboxylic acids is 1. The third-order valence-electron chi connectivity index (χ3n) is 3.46. The lowest BCUT2D eigenvalue weighted by atomic mass is 10.1. The molecule has 0 aliphatic carbocycles. The van der Waals surface area contributed by atoms with Crippen molar-refractivity contribution in [3.8, 4) is 11.5 Å². The van der Waals surface area contributed by atoms with Gasteiger partial charge in [0.25, 0.3) is 5.91 Å². The molecule has 3 rings (SSSR count). The highest BCUT2D eigenvalue weighted by Crippen LogP contribution is 2.18. The van der Waals surface area contributed by atoms with Crippen molar-refractivity contribution in [2.24, 2.45) is 0 Å². The van der Waals surface area contributed by atoms with Gasteiger partial charge in [-0.2, -0.15) is 0 Å². The molecule has 0 atom stereocenters. The van der Waals surface area contributed by atoms with E-state index in [-0.39, 0.29) is 5.91 Å². The lowest BCUT2D eigenvalue weighted by molar-refractivity contribution is 0.0954. The Bertz CT molecular complexity index is 780. The van der Waals surface area contributed by atoms with Crippen molar-refractivity contribution in [3.63, 3.8) is 0 Å². The van der Waals surface area contributed by atoms with Crippen molar-refractivity contribution in [2.45, 2.75) is 13.3 Å². The smallest absolute Gasteiger partial charge is 0.251 e. The first kappa shape index (κ1) is 15.0. The molecule has 1 N–H and O–H groups in total. The molecule has 0 aliphatic rings. The van der Waals surface area contributed by atoms with E-state index in [0.29, 0.717) is 23.9 Å². The SMILES string of the molecule is Cc1nnc(-c2ccc(C(=O)NCCc3ccccc3)cc2)o1. The van der Waals surface area contributed by atoms with Crippen LogP contribution < -0.4 is 5.32 Å². The predicted octanol–water partition coefficient (Wildman–Crippen LogP) is 3.02. The average Bonchev–Trinajstić information content (AvgIpc) is 3.02. The number of nitrogens with one attached hydrogen (secondary N) is 1. The molecule has 1 aromatic heterocycles. The minimum atomic E-state index is -0.0887. The second-order valence-corrected chi connectivity index (χ2v) is 5.20. The van der Waals surface area contributed by atoms with Crippen molar-refractivity contribution >= 4 is 5.91 Å². The first-order valence-electron chi connectivity index (χ1n) is 7.45. The number of nitrogens with zero attached hydrogens (tertiary/aromatic N) is 2. The summed E-state index contributed by atoms with van der Waals surface area (Å²) < 4.78 is 5.36. The minimum absolute atomic E-state index is 0.0887. The molecular formula is C18H17N3O2. The van der Waals surface area contributed by atoms with E-state index >= 15 is 0 Å². The molecule has 2 aromatic carbocycles. The fraction of sp³-hybridized carbons (Fsp3) is 0.167. The van der Waals surface area contributed by atoms with Crippen molar-refractivity contribution < 1.29 is 9.21 Å².